The van der Waals surface area contributed by atoms with Gasteiger partial charge in [0.2, 0.25) is 0 Å². The smallest absolute Gasteiger partial charge is 0.251 e. The summed E-state index contributed by atoms with van der Waals surface area (Å²) in [6.07, 6.45) is 3.39. The number of benzene rings is 2. The predicted molar refractivity (Wildman–Crippen MR) is 111 cm³/mol. The molecule has 3 aromatic rings. The van der Waals surface area contributed by atoms with E-state index in [1.807, 2.05) is 60.8 Å². The minimum atomic E-state index is -0.0694. The molecule has 0 saturated heterocycles. The summed E-state index contributed by atoms with van der Waals surface area (Å²) in [4.78, 5) is 18.8. The third kappa shape index (κ3) is 4.23. The first kappa shape index (κ1) is 18.3. The SMILES string of the molecule is Cc1nc(COc2cccc(C=CC(=O)N3CCOc4ccccc43)c2)cs1. The van der Waals surface area contributed by atoms with Crippen molar-refractivity contribution in [1.82, 2.24) is 4.98 Å². The Hall–Kier alpha value is -3.12. The Labute approximate surface area is 167 Å². The molecule has 0 unspecified atom stereocenters. The second-order valence-corrected chi connectivity index (χ2v) is 7.42. The Morgan fingerprint density at radius 2 is 2.18 bits per heavy atom. The number of anilines is 1. The molecule has 1 amide bonds. The van der Waals surface area contributed by atoms with Crippen molar-refractivity contribution in [2.24, 2.45) is 0 Å². The van der Waals surface area contributed by atoms with Crippen molar-refractivity contribution >= 4 is 29.0 Å². The maximum Gasteiger partial charge on any atom is 0.251 e. The molecule has 2 heterocycles. The van der Waals surface area contributed by atoms with Crippen LogP contribution in [0.2, 0.25) is 0 Å². The van der Waals surface area contributed by atoms with E-state index in [1.54, 1.807) is 28.4 Å². The zero-order valence-corrected chi connectivity index (χ0v) is 16.3. The van der Waals surface area contributed by atoms with Crippen molar-refractivity contribution in [3.8, 4) is 11.5 Å². The number of amides is 1. The quantitative estimate of drug-likeness (QED) is 0.601. The molecule has 142 valence electrons. The van der Waals surface area contributed by atoms with E-state index >= 15 is 0 Å². The van der Waals surface area contributed by atoms with Crippen LogP contribution in [0.1, 0.15) is 16.3 Å². The molecule has 6 heteroatoms. The van der Waals surface area contributed by atoms with Gasteiger partial charge in [-0.1, -0.05) is 24.3 Å². The van der Waals surface area contributed by atoms with Gasteiger partial charge < -0.3 is 14.4 Å². The number of hydrogen-bond acceptors (Lipinski definition) is 5. The lowest BCUT2D eigenvalue weighted by atomic mass is 10.2. The summed E-state index contributed by atoms with van der Waals surface area (Å²) < 4.78 is 11.4. The van der Waals surface area contributed by atoms with Gasteiger partial charge in [-0.2, -0.15) is 0 Å². The summed E-state index contributed by atoms with van der Waals surface area (Å²) in [5.41, 5.74) is 2.63. The number of fused-ring (bicyclic) bond motifs is 1. The molecule has 5 nitrogen and oxygen atoms in total. The number of aromatic nitrogens is 1. The largest absolute Gasteiger partial charge is 0.490 e. The Morgan fingerprint density at radius 1 is 1.29 bits per heavy atom. The summed E-state index contributed by atoms with van der Waals surface area (Å²) in [7, 11) is 0. The Morgan fingerprint density at radius 3 is 3.04 bits per heavy atom. The van der Waals surface area contributed by atoms with E-state index in [2.05, 4.69) is 4.98 Å². The summed E-state index contributed by atoms with van der Waals surface area (Å²) in [5.74, 6) is 1.42. The Bertz CT molecular complexity index is 1010. The molecule has 0 bridgehead atoms. The molecule has 0 fully saturated rings. The topological polar surface area (TPSA) is 51.7 Å². The zero-order valence-electron chi connectivity index (χ0n) is 15.5. The third-order valence-corrected chi connectivity index (χ3v) is 5.15. The maximum atomic E-state index is 12.7. The molecule has 1 aliphatic heterocycles. The van der Waals surface area contributed by atoms with E-state index in [-0.39, 0.29) is 5.91 Å². The van der Waals surface area contributed by atoms with Crippen molar-refractivity contribution in [3.63, 3.8) is 0 Å². The Balaban J connectivity index is 1.43. The molecule has 0 aliphatic carbocycles. The number of carbonyl (C=O) groups excluding carboxylic acids is 1. The van der Waals surface area contributed by atoms with Gasteiger partial charge in [0.15, 0.2) is 0 Å². The first-order chi connectivity index (χ1) is 13.7. The van der Waals surface area contributed by atoms with Crippen molar-refractivity contribution in [3.05, 3.63) is 76.3 Å². The fourth-order valence-corrected chi connectivity index (χ4v) is 3.59. The highest BCUT2D eigenvalue weighted by molar-refractivity contribution is 7.09. The fourth-order valence-electron chi connectivity index (χ4n) is 3.00. The molecule has 28 heavy (non-hydrogen) atoms. The monoisotopic (exact) mass is 392 g/mol. The van der Waals surface area contributed by atoms with Gasteiger partial charge >= 0.3 is 0 Å². The molecule has 1 aliphatic rings. The van der Waals surface area contributed by atoms with Gasteiger partial charge in [-0.3, -0.25) is 4.79 Å². The normalized spacial score (nSPS) is 13.2. The first-order valence-corrected chi connectivity index (χ1v) is 9.92. The molecule has 0 atom stereocenters. The second-order valence-electron chi connectivity index (χ2n) is 6.36. The van der Waals surface area contributed by atoms with E-state index in [1.165, 1.54) is 0 Å². The third-order valence-electron chi connectivity index (χ3n) is 4.32. The van der Waals surface area contributed by atoms with Gasteiger partial charge in [-0.25, -0.2) is 4.98 Å². The number of nitrogens with zero attached hydrogens (tertiary/aromatic N) is 2. The van der Waals surface area contributed by atoms with Crippen molar-refractivity contribution in [2.75, 3.05) is 18.1 Å². The highest BCUT2D eigenvalue weighted by Gasteiger charge is 2.21. The van der Waals surface area contributed by atoms with Crippen LogP contribution < -0.4 is 14.4 Å². The van der Waals surface area contributed by atoms with Crippen LogP contribution in [-0.2, 0) is 11.4 Å². The van der Waals surface area contributed by atoms with Gasteiger partial charge in [-0.15, -0.1) is 11.3 Å². The average molecular weight is 392 g/mol. The number of para-hydroxylation sites is 2. The zero-order chi connectivity index (χ0) is 19.3. The molecular formula is C22H20N2O3S. The average Bonchev–Trinajstić information content (AvgIpc) is 3.15. The van der Waals surface area contributed by atoms with Crippen LogP contribution in [0.15, 0.2) is 60.0 Å². The maximum absolute atomic E-state index is 12.7. The molecule has 0 N–H and O–H groups in total. The molecule has 4 rings (SSSR count). The second kappa shape index (κ2) is 8.27. The first-order valence-electron chi connectivity index (χ1n) is 9.04. The molecule has 0 saturated carbocycles. The molecule has 0 radical (unpaired) electrons. The molecule has 0 spiro atoms. The highest BCUT2D eigenvalue weighted by Crippen LogP contribution is 2.31. The number of thiazole rings is 1. The van der Waals surface area contributed by atoms with E-state index < -0.39 is 0 Å². The van der Waals surface area contributed by atoms with Crippen molar-refractivity contribution < 1.29 is 14.3 Å². The number of hydrogen-bond donors (Lipinski definition) is 0. The molecular weight excluding hydrogens is 372 g/mol. The van der Waals surface area contributed by atoms with Gasteiger partial charge in [0.1, 0.15) is 24.7 Å². The number of aryl methyl sites for hydroxylation is 1. The lowest BCUT2D eigenvalue weighted by Crippen LogP contribution is -2.36. The minimum Gasteiger partial charge on any atom is -0.490 e. The lowest BCUT2D eigenvalue weighted by molar-refractivity contribution is -0.114. The van der Waals surface area contributed by atoms with Crippen LogP contribution in [0.3, 0.4) is 0 Å². The van der Waals surface area contributed by atoms with Crippen LogP contribution in [0.5, 0.6) is 11.5 Å². The van der Waals surface area contributed by atoms with Crippen LogP contribution in [0.25, 0.3) is 6.08 Å². The molecule has 2 aromatic carbocycles. The van der Waals surface area contributed by atoms with Gasteiger partial charge in [0.05, 0.1) is 22.9 Å². The van der Waals surface area contributed by atoms with Gasteiger partial charge in [0.25, 0.3) is 5.91 Å². The van der Waals surface area contributed by atoms with Crippen LogP contribution in [0.4, 0.5) is 5.69 Å². The van der Waals surface area contributed by atoms with E-state index in [4.69, 9.17) is 9.47 Å². The summed E-state index contributed by atoms with van der Waals surface area (Å²) >= 11 is 1.61. The van der Waals surface area contributed by atoms with Crippen LogP contribution in [0, 0.1) is 6.92 Å². The summed E-state index contributed by atoms with van der Waals surface area (Å²) in [6, 6.07) is 15.3. The summed E-state index contributed by atoms with van der Waals surface area (Å²) in [6.45, 7) is 3.44. The summed E-state index contributed by atoms with van der Waals surface area (Å²) in [5, 5.41) is 3.02. The number of ether oxygens (including phenoxy) is 2. The van der Waals surface area contributed by atoms with Gasteiger partial charge in [-0.05, 0) is 42.8 Å². The number of rotatable bonds is 5. The van der Waals surface area contributed by atoms with Crippen LogP contribution >= 0.6 is 11.3 Å². The van der Waals surface area contributed by atoms with Crippen molar-refractivity contribution in [1.29, 1.82) is 0 Å². The minimum absolute atomic E-state index is 0.0694. The highest BCUT2D eigenvalue weighted by atomic mass is 32.1. The van der Waals surface area contributed by atoms with Gasteiger partial charge in [0, 0.05) is 11.5 Å². The van der Waals surface area contributed by atoms with Crippen LogP contribution in [-0.4, -0.2) is 24.0 Å². The standard InChI is InChI=1S/C22H20N2O3S/c1-16-23-18(15-28-16)14-27-19-6-4-5-17(13-19)9-10-22(25)24-11-12-26-21-8-3-2-7-20(21)24/h2-10,13,15H,11-12,14H2,1H3. The lowest BCUT2D eigenvalue weighted by Gasteiger charge is -2.28. The Kier molecular flexibility index (Phi) is 5.39. The van der Waals surface area contributed by atoms with E-state index in [0.717, 1.165) is 33.5 Å². The van der Waals surface area contributed by atoms with E-state index in [9.17, 15) is 4.79 Å². The van der Waals surface area contributed by atoms with E-state index in [0.29, 0.717) is 19.8 Å². The fraction of sp³-hybridized carbons (Fsp3) is 0.182. The number of carbonyl (C=O) groups is 1. The van der Waals surface area contributed by atoms with Crippen molar-refractivity contribution in [2.45, 2.75) is 13.5 Å². The molecule has 1 aromatic heterocycles. The predicted octanol–water partition coefficient (Wildman–Crippen LogP) is 4.47.